The molecule has 2 heterocycles. The van der Waals surface area contributed by atoms with E-state index in [0.717, 1.165) is 0 Å². The second-order valence-corrected chi connectivity index (χ2v) is 4.71. The van der Waals surface area contributed by atoms with Crippen molar-refractivity contribution in [1.82, 2.24) is 9.97 Å². The summed E-state index contributed by atoms with van der Waals surface area (Å²) in [5.41, 5.74) is 5.22. The quantitative estimate of drug-likeness (QED) is 0.744. The number of rotatable bonds is 1. The van der Waals surface area contributed by atoms with Gasteiger partial charge < -0.3 is 5.73 Å². The number of anilines is 1. The molecule has 3 rings (SSSR count). The van der Waals surface area contributed by atoms with Gasteiger partial charge in [0.1, 0.15) is 28.1 Å². The molecule has 0 bridgehead atoms. The highest BCUT2D eigenvalue weighted by molar-refractivity contribution is 7.16. The maximum Gasteiger partial charge on any atom is 0.169 e. The molecule has 0 atom stereocenters. The summed E-state index contributed by atoms with van der Waals surface area (Å²) in [6.07, 6.45) is 0. The third-order valence-electron chi connectivity index (χ3n) is 2.59. The molecule has 0 saturated carbocycles. The molecule has 0 saturated heterocycles. The van der Waals surface area contributed by atoms with Crippen LogP contribution in [0.5, 0.6) is 0 Å². The molecule has 1 aromatic carbocycles. The average Bonchev–Trinajstić information content (AvgIpc) is 2.76. The van der Waals surface area contributed by atoms with Crippen LogP contribution < -0.4 is 5.73 Å². The fraction of sp³-hybridized carbons (Fsp3) is 0. The smallest absolute Gasteiger partial charge is 0.169 e. The molecule has 3 nitrogen and oxygen atoms in total. The SMILES string of the molecule is Nc1nc(-c2c(F)cc(F)cc2F)nc2sccc12. The van der Waals surface area contributed by atoms with Crippen molar-refractivity contribution in [2.45, 2.75) is 0 Å². The first-order valence-electron chi connectivity index (χ1n) is 5.22. The molecule has 2 aromatic heterocycles. The molecule has 2 N–H and O–H groups in total. The van der Waals surface area contributed by atoms with Crippen molar-refractivity contribution in [2.24, 2.45) is 0 Å². The molecule has 7 heteroatoms. The molecule has 3 aromatic rings. The maximum absolute atomic E-state index is 13.7. The van der Waals surface area contributed by atoms with Crippen LogP contribution in [0, 0.1) is 17.5 Å². The van der Waals surface area contributed by atoms with Crippen molar-refractivity contribution in [2.75, 3.05) is 5.73 Å². The Labute approximate surface area is 109 Å². The van der Waals surface area contributed by atoms with Crippen LogP contribution in [-0.4, -0.2) is 9.97 Å². The minimum absolute atomic E-state index is 0.129. The predicted molar refractivity (Wildman–Crippen MR) is 67.1 cm³/mol. The zero-order valence-electron chi connectivity index (χ0n) is 9.32. The lowest BCUT2D eigenvalue weighted by Crippen LogP contribution is -2.00. The lowest BCUT2D eigenvalue weighted by atomic mass is 10.1. The van der Waals surface area contributed by atoms with Gasteiger partial charge in [-0.15, -0.1) is 11.3 Å². The average molecular weight is 281 g/mol. The fourth-order valence-electron chi connectivity index (χ4n) is 1.75. The van der Waals surface area contributed by atoms with E-state index >= 15 is 0 Å². The highest BCUT2D eigenvalue weighted by Gasteiger charge is 2.18. The molecule has 0 aliphatic heterocycles. The van der Waals surface area contributed by atoms with Gasteiger partial charge in [-0.3, -0.25) is 0 Å². The van der Waals surface area contributed by atoms with E-state index in [1.54, 1.807) is 11.4 Å². The van der Waals surface area contributed by atoms with Gasteiger partial charge in [0.15, 0.2) is 5.82 Å². The number of benzene rings is 1. The number of fused-ring (bicyclic) bond motifs is 1. The van der Waals surface area contributed by atoms with Gasteiger partial charge in [-0.05, 0) is 11.4 Å². The van der Waals surface area contributed by atoms with Crippen molar-refractivity contribution in [1.29, 1.82) is 0 Å². The Balaban J connectivity index is 2.30. The zero-order valence-corrected chi connectivity index (χ0v) is 10.1. The summed E-state index contributed by atoms with van der Waals surface area (Å²) in [7, 11) is 0. The van der Waals surface area contributed by atoms with Crippen LogP contribution in [0.3, 0.4) is 0 Å². The Morgan fingerprint density at radius 2 is 1.74 bits per heavy atom. The Morgan fingerprint density at radius 1 is 1.05 bits per heavy atom. The van der Waals surface area contributed by atoms with Gasteiger partial charge in [-0.2, -0.15) is 0 Å². The molecule has 0 unspecified atom stereocenters. The van der Waals surface area contributed by atoms with Gasteiger partial charge in [0, 0.05) is 12.1 Å². The third kappa shape index (κ3) is 1.91. The van der Waals surface area contributed by atoms with Crippen LogP contribution >= 0.6 is 11.3 Å². The van der Waals surface area contributed by atoms with Crippen molar-refractivity contribution < 1.29 is 13.2 Å². The van der Waals surface area contributed by atoms with E-state index in [0.29, 0.717) is 22.3 Å². The lowest BCUT2D eigenvalue weighted by molar-refractivity contribution is 0.547. The van der Waals surface area contributed by atoms with Gasteiger partial charge in [0.25, 0.3) is 0 Å². The molecule has 96 valence electrons. The lowest BCUT2D eigenvalue weighted by Gasteiger charge is -2.05. The van der Waals surface area contributed by atoms with Crippen molar-refractivity contribution in [3.05, 3.63) is 41.0 Å². The number of hydrogen-bond acceptors (Lipinski definition) is 4. The highest BCUT2D eigenvalue weighted by atomic mass is 32.1. The van der Waals surface area contributed by atoms with Crippen molar-refractivity contribution in [3.8, 4) is 11.4 Å². The van der Waals surface area contributed by atoms with E-state index in [-0.39, 0.29) is 11.6 Å². The van der Waals surface area contributed by atoms with Crippen molar-refractivity contribution >= 4 is 27.4 Å². The first-order chi connectivity index (χ1) is 9.06. The number of hydrogen-bond donors (Lipinski definition) is 1. The number of nitrogens with zero attached hydrogens (tertiary/aromatic N) is 2. The van der Waals surface area contributed by atoms with Crippen LogP contribution in [0.15, 0.2) is 23.6 Å². The number of halogens is 3. The molecular formula is C12H6F3N3S. The molecule has 0 amide bonds. The topological polar surface area (TPSA) is 51.8 Å². The number of nitrogens with two attached hydrogens (primary N) is 1. The third-order valence-corrected chi connectivity index (χ3v) is 3.39. The summed E-state index contributed by atoms with van der Waals surface area (Å²) in [5.74, 6) is -3.18. The predicted octanol–water partition coefficient (Wildman–Crippen LogP) is 3.36. The molecular weight excluding hydrogens is 275 g/mol. The number of aromatic nitrogens is 2. The largest absolute Gasteiger partial charge is 0.383 e. The molecule has 19 heavy (non-hydrogen) atoms. The normalized spacial score (nSPS) is 11.1. The maximum atomic E-state index is 13.7. The second kappa shape index (κ2) is 4.20. The van der Waals surface area contributed by atoms with Crippen LogP contribution in [0.4, 0.5) is 19.0 Å². The van der Waals surface area contributed by atoms with Gasteiger partial charge in [-0.25, -0.2) is 23.1 Å². The first kappa shape index (κ1) is 11.9. The number of nitrogen functional groups attached to an aromatic ring is 1. The Kier molecular flexibility index (Phi) is 2.63. The summed E-state index contributed by atoms with van der Waals surface area (Å²) < 4.78 is 40.2. The molecule has 0 fully saturated rings. The minimum Gasteiger partial charge on any atom is -0.383 e. The van der Waals surface area contributed by atoms with Gasteiger partial charge in [0.05, 0.1) is 10.9 Å². The zero-order chi connectivity index (χ0) is 13.6. The van der Waals surface area contributed by atoms with Gasteiger partial charge in [0.2, 0.25) is 0 Å². The van der Waals surface area contributed by atoms with E-state index in [2.05, 4.69) is 9.97 Å². The Bertz CT molecular complexity index is 762. The van der Waals surface area contributed by atoms with Gasteiger partial charge in [-0.1, -0.05) is 0 Å². The first-order valence-corrected chi connectivity index (χ1v) is 6.10. The number of thiophene rings is 1. The van der Waals surface area contributed by atoms with E-state index in [1.807, 2.05) is 0 Å². The van der Waals surface area contributed by atoms with E-state index in [4.69, 9.17) is 5.73 Å². The van der Waals surface area contributed by atoms with Crippen LogP contribution in [0.2, 0.25) is 0 Å². The van der Waals surface area contributed by atoms with Crippen LogP contribution in [0.1, 0.15) is 0 Å². The summed E-state index contributed by atoms with van der Waals surface area (Å²) in [6, 6.07) is 2.88. The molecule has 0 aliphatic rings. The van der Waals surface area contributed by atoms with Gasteiger partial charge >= 0.3 is 0 Å². The van der Waals surface area contributed by atoms with E-state index in [9.17, 15) is 13.2 Å². The Morgan fingerprint density at radius 3 is 2.42 bits per heavy atom. The van der Waals surface area contributed by atoms with Crippen molar-refractivity contribution in [3.63, 3.8) is 0 Å². The van der Waals surface area contributed by atoms with Crippen LogP contribution in [-0.2, 0) is 0 Å². The standard InChI is InChI=1S/C12H6F3N3S/c13-5-3-7(14)9(8(15)4-5)11-17-10(16)6-1-2-19-12(6)18-11/h1-4H,(H2,16,17,18). The monoisotopic (exact) mass is 281 g/mol. The molecule has 0 aliphatic carbocycles. The minimum atomic E-state index is -1.06. The van der Waals surface area contributed by atoms with Crippen LogP contribution in [0.25, 0.3) is 21.6 Å². The summed E-state index contributed by atoms with van der Waals surface area (Å²) >= 11 is 1.28. The molecule has 0 radical (unpaired) electrons. The summed E-state index contributed by atoms with van der Waals surface area (Å²) in [4.78, 5) is 8.43. The fourth-order valence-corrected chi connectivity index (χ4v) is 2.52. The second-order valence-electron chi connectivity index (χ2n) is 3.82. The van der Waals surface area contributed by atoms with E-state index in [1.165, 1.54) is 11.3 Å². The summed E-state index contributed by atoms with van der Waals surface area (Å²) in [6.45, 7) is 0. The highest BCUT2D eigenvalue weighted by Crippen LogP contribution is 2.29. The molecule has 0 spiro atoms. The summed E-state index contributed by atoms with van der Waals surface area (Å²) in [5, 5.41) is 2.37. The van der Waals surface area contributed by atoms with E-state index < -0.39 is 23.0 Å². The Hall–Kier alpha value is -2.15.